The topological polar surface area (TPSA) is 133 Å². The van der Waals surface area contributed by atoms with Gasteiger partial charge in [0.1, 0.15) is 11.5 Å². The molecule has 1 aromatic heterocycles. The standard InChI is InChI=1S/C32H24N4O6/c1-40-26-17-14-22(15-18-26)30-35-36-32(42-30)34-29(38)24-11-7-12-25(20-24)33-28(37)19-16-21-8-5-6-13-27(21)41-31(39)23-9-3-2-4-10-23/h2-20H,1H3,(H,33,37)(H,34,36,38)/b19-16+. The minimum absolute atomic E-state index is 0.0742. The highest BCUT2D eigenvalue weighted by Gasteiger charge is 2.14. The van der Waals surface area contributed by atoms with Crippen LogP contribution in [0.1, 0.15) is 26.3 Å². The van der Waals surface area contributed by atoms with Crippen LogP contribution in [0, 0.1) is 0 Å². The molecular formula is C32H24N4O6. The van der Waals surface area contributed by atoms with Gasteiger partial charge in [0.25, 0.3) is 5.91 Å². The highest BCUT2D eigenvalue weighted by atomic mass is 16.5. The van der Waals surface area contributed by atoms with Crippen molar-refractivity contribution in [2.24, 2.45) is 0 Å². The van der Waals surface area contributed by atoms with Gasteiger partial charge in [0, 0.05) is 28.5 Å². The Hall–Kier alpha value is -6.03. The van der Waals surface area contributed by atoms with Crippen LogP contribution in [-0.2, 0) is 4.79 Å². The van der Waals surface area contributed by atoms with Gasteiger partial charge in [0.2, 0.25) is 11.8 Å². The zero-order valence-corrected chi connectivity index (χ0v) is 22.3. The molecule has 4 aromatic carbocycles. The average Bonchev–Trinajstić information content (AvgIpc) is 3.49. The molecule has 5 aromatic rings. The molecule has 10 heteroatoms. The van der Waals surface area contributed by atoms with Crippen molar-refractivity contribution in [1.82, 2.24) is 10.2 Å². The number of methoxy groups -OCH3 is 1. The van der Waals surface area contributed by atoms with E-state index in [0.717, 1.165) is 0 Å². The number of amides is 2. The quantitative estimate of drug-likeness (QED) is 0.130. The van der Waals surface area contributed by atoms with Crippen LogP contribution >= 0.6 is 0 Å². The summed E-state index contributed by atoms with van der Waals surface area (Å²) in [6.07, 6.45) is 2.84. The summed E-state index contributed by atoms with van der Waals surface area (Å²) >= 11 is 0. The molecule has 0 aliphatic carbocycles. The molecule has 208 valence electrons. The third-order valence-corrected chi connectivity index (χ3v) is 5.92. The van der Waals surface area contributed by atoms with Gasteiger partial charge in [0.15, 0.2) is 0 Å². The molecule has 1 heterocycles. The second-order valence-electron chi connectivity index (χ2n) is 8.79. The Kier molecular flexibility index (Phi) is 8.44. The van der Waals surface area contributed by atoms with Crippen LogP contribution in [0.5, 0.6) is 11.5 Å². The molecule has 0 saturated heterocycles. The number of nitrogens with one attached hydrogen (secondary N) is 2. The smallest absolute Gasteiger partial charge is 0.343 e. The zero-order chi connectivity index (χ0) is 29.3. The van der Waals surface area contributed by atoms with Crippen LogP contribution in [0.2, 0.25) is 0 Å². The normalized spacial score (nSPS) is 10.7. The first-order valence-corrected chi connectivity index (χ1v) is 12.7. The Morgan fingerprint density at radius 3 is 2.31 bits per heavy atom. The lowest BCUT2D eigenvalue weighted by Gasteiger charge is -2.08. The third-order valence-electron chi connectivity index (χ3n) is 5.92. The number of hydrogen-bond acceptors (Lipinski definition) is 8. The van der Waals surface area contributed by atoms with Crippen LogP contribution in [0.4, 0.5) is 11.7 Å². The fraction of sp³-hybridized carbons (Fsp3) is 0.0312. The number of esters is 1. The van der Waals surface area contributed by atoms with E-state index in [-0.39, 0.29) is 17.5 Å². The van der Waals surface area contributed by atoms with E-state index in [2.05, 4.69) is 20.8 Å². The third kappa shape index (κ3) is 6.93. The number of aromatic nitrogens is 2. The fourth-order valence-electron chi connectivity index (χ4n) is 3.83. The van der Waals surface area contributed by atoms with E-state index in [1.165, 1.54) is 18.2 Å². The number of nitrogens with zero attached hydrogens (tertiary/aromatic N) is 2. The highest BCUT2D eigenvalue weighted by Crippen LogP contribution is 2.24. The molecule has 0 fully saturated rings. The second kappa shape index (κ2) is 12.9. The number of para-hydroxylation sites is 1. The Morgan fingerprint density at radius 2 is 1.52 bits per heavy atom. The predicted molar refractivity (Wildman–Crippen MR) is 156 cm³/mol. The maximum Gasteiger partial charge on any atom is 0.343 e. The summed E-state index contributed by atoms with van der Waals surface area (Å²) in [5.74, 6) is -0.224. The molecular weight excluding hydrogens is 536 g/mol. The average molecular weight is 561 g/mol. The van der Waals surface area contributed by atoms with Gasteiger partial charge in [-0.3, -0.25) is 14.9 Å². The molecule has 0 unspecified atom stereocenters. The molecule has 10 nitrogen and oxygen atoms in total. The van der Waals surface area contributed by atoms with E-state index >= 15 is 0 Å². The van der Waals surface area contributed by atoms with E-state index in [9.17, 15) is 14.4 Å². The van der Waals surface area contributed by atoms with Gasteiger partial charge in [-0.15, -0.1) is 5.10 Å². The van der Waals surface area contributed by atoms with Crippen LogP contribution in [-0.4, -0.2) is 35.1 Å². The van der Waals surface area contributed by atoms with Gasteiger partial charge in [-0.1, -0.05) is 47.6 Å². The van der Waals surface area contributed by atoms with Crippen LogP contribution in [0.25, 0.3) is 17.5 Å². The monoisotopic (exact) mass is 560 g/mol. The molecule has 0 aliphatic heterocycles. The number of carbonyl (C=O) groups is 3. The molecule has 0 bridgehead atoms. The van der Waals surface area contributed by atoms with Gasteiger partial charge in [-0.25, -0.2) is 4.79 Å². The van der Waals surface area contributed by atoms with Crippen molar-refractivity contribution in [3.8, 4) is 23.0 Å². The molecule has 0 saturated carbocycles. The van der Waals surface area contributed by atoms with E-state index < -0.39 is 17.8 Å². The van der Waals surface area contributed by atoms with E-state index in [1.54, 1.807) is 98.1 Å². The summed E-state index contributed by atoms with van der Waals surface area (Å²) < 4.78 is 16.2. The Balaban J connectivity index is 1.20. The Bertz CT molecular complexity index is 1750. The zero-order valence-electron chi connectivity index (χ0n) is 22.3. The lowest BCUT2D eigenvalue weighted by Crippen LogP contribution is -2.13. The van der Waals surface area contributed by atoms with E-state index in [4.69, 9.17) is 13.9 Å². The number of carbonyl (C=O) groups excluding carboxylic acids is 3. The maximum atomic E-state index is 12.8. The first-order valence-electron chi connectivity index (χ1n) is 12.7. The first-order chi connectivity index (χ1) is 20.5. The predicted octanol–water partition coefficient (Wildman–Crippen LogP) is 5.87. The first kappa shape index (κ1) is 27.5. The Labute approximate surface area is 240 Å². The SMILES string of the molecule is COc1ccc(-c2nnc(NC(=O)c3cccc(NC(=O)/C=C/c4ccccc4OC(=O)c4ccccc4)c3)o2)cc1. The highest BCUT2D eigenvalue weighted by molar-refractivity contribution is 6.06. The summed E-state index contributed by atoms with van der Waals surface area (Å²) in [4.78, 5) is 37.9. The lowest BCUT2D eigenvalue weighted by molar-refractivity contribution is -0.111. The van der Waals surface area contributed by atoms with Crippen molar-refractivity contribution >= 4 is 35.6 Å². The molecule has 0 atom stereocenters. The van der Waals surface area contributed by atoms with Crippen molar-refractivity contribution in [1.29, 1.82) is 0 Å². The molecule has 2 amide bonds. The van der Waals surface area contributed by atoms with Crippen molar-refractivity contribution < 1.29 is 28.3 Å². The largest absolute Gasteiger partial charge is 0.497 e. The maximum absolute atomic E-state index is 12.8. The fourth-order valence-corrected chi connectivity index (χ4v) is 3.83. The molecule has 0 radical (unpaired) electrons. The summed E-state index contributed by atoms with van der Waals surface area (Å²) in [5.41, 5.74) is 2.27. The van der Waals surface area contributed by atoms with Crippen molar-refractivity contribution in [2.45, 2.75) is 0 Å². The molecule has 0 aliphatic rings. The number of anilines is 2. The van der Waals surface area contributed by atoms with Crippen LogP contribution < -0.4 is 20.1 Å². The number of benzene rings is 4. The molecule has 2 N–H and O–H groups in total. The van der Waals surface area contributed by atoms with Crippen LogP contribution in [0.15, 0.2) is 114 Å². The minimum atomic E-state index is -0.506. The lowest BCUT2D eigenvalue weighted by atomic mass is 10.1. The minimum Gasteiger partial charge on any atom is -0.497 e. The molecule has 5 rings (SSSR count). The Morgan fingerprint density at radius 1 is 0.786 bits per heavy atom. The van der Waals surface area contributed by atoms with Crippen molar-refractivity contribution in [2.75, 3.05) is 17.7 Å². The summed E-state index contributed by atoms with van der Waals surface area (Å²) in [7, 11) is 1.57. The van der Waals surface area contributed by atoms with Gasteiger partial charge in [0.05, 0.1) is 12.7 Å². The summed E-state index contributed by atoms with van der Waals surface area (Å²) in [6.45, 7) is 0. The second-order valence-corrected chi connectivity index (χ2v) is 8.79. The van der Waals surface area contributed by atoms with Crippen molar-refractivity contribution in [3.63, 3.8) is 0 Å². The van der Waals surface area contributed by atoms with Gasteiger partial charge < -0.3 is 19.2 Å². The van der Waals surface area contributed by atoms with E-state index in [0.29, 0.717) is 33.9 Å². The van der Waals surface area contributed by atoms with Gasteiger partial charge in [-0.05, 0) is 66.7 Å². The van der Waals surface area contributed by atoms with E-state index in [1.807, 2.05) is 6.07 Å². The number of hydrogen-bond donors (Lipinski definition) is 2. The van der Waals surface area contributed by atoms with Gasteiger partial charge in [-0.2, -0.15) is 0 Å². The number of rotatable bonds is 9. The van der Waals surface area contributed by atoms with Crippen molar-refractivity contribution in [3.05, 3.63) is 126 Å². The summed E-state index contributed by atoms with van der Waals surface area (Å²) in [5, 5.41) is 13.1. The molecule has 0 spiro atoms. The van der Waals surface area contributed by atoms with Crippen LogP contribution in [0.3, 0.4) is 0 Å². The summed E-state index contributed by atoms with van der Waals surface area (Å²) in [6, 6.07) is 28.8. The molecule has 42 heavy (non-hydrogen) atoms. The van der Waals surface area contributed by atoms with Gasteiger partial charge >= 0.3 is 12.0 Å². The number of ether oxygens (including phenoxy) is 2.